The lowest BCUT2D eigenvalue weighted by molar-refractivity contribution is -0.126. The lowest BCUT2D eigenvalue weighted by Crippen LogP contribution is -2.46. The van der Waals surface area contributed by atoms with Gasteiger partial charge in [-0.1, -0.05) is 0 Å². The van der Waals surface area contributed by atoms with Crippen molar-refractivity contribution in [2.24, 2.45) is 5.92 Å². The quantitative estimate of drug-likeness (QED) is 0.757. The van der Waals surface area contributed by atoms with Crippen LogP contribution in [0.3, 0.4) is 0 Å². The maximum atomic E-state index is 12.4. The van der Waals surface area contributed by atoms with E-state index in [0.717, 1.165) is 17.7 Å². The van der Waals surface area contributed by atoms with Gasteiger partial charge in [-0.15, -0.1) is 0 Å². The van der Waals surface area contributed by atoms with Gasteiger partial charge in [0.15, 0.2) is 0 Å². The summed E-state index contributed by atoms with van der Waals surface area (Å²) < 4.78 is 1.60. The van der Waals surface area contributed by atoms with Gasteiger partial charge in [-0.25, -0.2) is 0 Å². The third-order valence-corrected chi connectivity index (χ3v) is 4.55. The number of hydrogen-bond acceptors (Lipinski definition) is 5. The van der Waals surface area contributed by atoms with E-state index in [4.69, 9.17) is 0 Å². The SMILES string of the molecule is CNC(=O)[C@H]1CN(Cc2ccncc2)C[C@@H]1NC(=O)Cn1cc(C)cn1. The average molecular weight is 356 g/mol. The van der Waals surface area contributed by atoms with Crippen LogP contribution in [-0.2, 0) is 22.7 Å². The Bertz CT molecular complexity index is 760. The number of pyridine rings is 1. The van der Waals surface area contributed by atoms with Gasteiger partial charge in [-0.2, -0.15) is 5.10 Å². The summed E-state index contributed by atoms with van der Waals surface area (Å²) in [5.74, 6) is -0.467. The number of nitrogens with one attached hydrogen (secondary N) is 2. The van der Waals surface area contributed by atoms with E-state index in [0.29, 0.717) is 13.1 Å². The molecule has 0 radical (unpaired) electrons. The Kier molecular flexibility index (Phi) is 5.62. The monoisotopic (exact) mass is 356 g/mol. The van der Waals surface area contributed by atoms with Crippen LogP contribution in [0.25, 0.3) is 0 Å². The summed E-state index contributed by atoms with van der Waals surface area (Å²) in [6, 6.07) is 3.70. The molecule has 2 aromatic heterocycles. The highest BCUT2D eigenvalue weighted by Gasteiger charge is 2.37. The number of aromatic nitrogens is 3. The minimum Gasteiger partial charge on any atom is -0.359 e. The van der Waals surface area contributed by atoms with E-state index in [-0.39, 0.29) is 30.3 Å². The third-order valence-electron chi connectivity index (χ3n) is 4.55. The molecule has 8 nitrogen and oxygen atoms in total. The first kappa shape index (κ1) is 18.1. The first-order chi connectivity index (χ1) is 12.5. The van der Waals surface area contributed by atoms with E-state index in [2.05, 4.69) is 25.6 Å². The van der Waals surface area contributed by atoms with Gasteiger partial charge < -0.3 is 10.6 Å². The Hall–Kier alpha value is -2.74. The first-order valence-electron chi connectivity index (χ1n) is 8.66. The zero-order valence-corrected chi connectivity index (χ0v) is 15.1. The molecule has 2 amide bonds. The highest BCUT2D eigenvalue weighted by Crippen LogP contribution is 2.20. The molecule has 2 atom stereocenters. The van der Waals surface area contributed by atoms with Gasteiger partial charge in [0, 0.05) is 45.3 Å². The maximum absolute atomic E-state index is 12.4. The normalized spacial score (nSPS) is 20.1. The second-order valence-electron chi connectivity index (χ2n) is 6.66. The molecule has 0 bridgehead atoms. The average Bonchev–Trinajstić information content (AvgIpc) is 3.21. The van der Waals surface area contributed by atoms with Crippen LogP contribution in [0.5, 0.6) is 0 Å². The Labute approximate surface area is 152 Å². The molecule has 0 aromatic carbocycles. The smallest absolute Gasteiger partial charge is 0.242 e. The standard InChI is InChI=1S/C18H24N6O2/c1-13-7-21-24(8-13)12-17(25)22-16-11-23(10-15(16)18(26)19-2)9-14-3-5-20-6-4-14/h3-8,15-16H,9-12H2,1-2H3,(H,19,26)(H,22,25)/t15-,16-/m0/s1. The van der Waals surface area contributed by atoms with Crippen molar-refractivity contribution in [3.05, 3.63) is 48.0 Å². The van der Waals surface area contributed by atoms with Crippen molar-refractivity contribution in [1.82, 2.24) is 30.3 Å². The van der Waals surface area contributed by atoms with E-state index < -0.39 is 0 Å². The highest BCUT2D eigenvalue weighted by atomic mass is 16.2. The van der Waals surface area contributed by atoms with E-state index >= 15 is 0 Å². The van der Waals surface area contributed by atoms with E-state index in [1.807, 2.05) is 25.3 Å². The lowest BCUT2D eigenvalue weighted by atomic mass is 10.0. The molecule has 26 heavy (non-hydrogen) atoms. The van der Waals surface area contributed by atoms with E-state index in [9.17, 15) is 9.59 Å². The molecule has 0 aliphatic carbocycles. The molecule has 138 valence electrons. The van der Waals surface area contributed by atoms with Crippen LogP contribution < -0.4 is 10.6 Å². The largest absolute Gasteiger partial charge is 0.359 e. The molecule has 1 fully saturated rings. The van der Waals surface area contributed by atoms with Crippen molar-refractivity contribution in [2.75, 3.05) is 20.1 Å². The molecule has 3 rings (SSSR count). The maximum Gasteiger partial charge on any atom is 0.242 e. The summed E-state index contributed by atoms with van der Waals surface area (Å²) in [4.78, 5) is 30.8. The molecule has 2 N–H and O–H groups in total. The van der Waals surface area contributed by atoms with Crippen LogP contribution >= 0.6 is 0 Å². The van der Waals surface area contributed by atoms with Crippen LogP contribution in [0.2, 0.25) is 0 Å². The third kappa shape index (κ3) is 4.45. The molecule has 8 heteroatoms. The van der Waals surface area contributed by atoms with Crippen molar-refractivity contribution in [1.29, 1.82) is 0 Å². The number of rotatable bonds is 6. The van der Waals surface area contributed by atoms with Crippen LogP contribution in [0.1, 0.15) is 11.1 Å². The molecule has 1 aliphatic rings. The van der Waals surface area contributed by atoms with E-state index in [1.54, 1.807) is 30.3 Å². The minimum atomic E-state index is -0.273. The molecule has 3 heterocycles. The van der Waals surface area contributed by atoms with Gasteiger partial charge in [0.05, 0.1) is 18.2 Å². The molecule has 0 spiro atoms. The second-order valence-corrected chi connectivity index (χ2v) is 6.66. The number of hydrogen-bond donors (Lipinski definition) is 2. The topological polar surface area (TPSA) is 92.2 Å². The highest BCUT2D eigenvalue weighted by molar-refractivity contribution is 5.82. The molecule has 0 unspecified atom stereocenters. The van der Waals surface area contributed by atoms with Gasteiger partial charge in [0.2, 0.25) is 11.8 Å². The summed E-state index contributed by atoms with van der Waals surface area (Å²) in [5.41, 5.74) is 2.14. The zero-order valence-electron chi connectivity index (χ0n) is 15.1. The van der Waals surface area contributed by atoms with Crippen LogP contribution in [0.15, 0.2) is 36.9 Å². The Morgan fingerprint density at radius 1 is 1.27 bits per heavy atom. The van der Waals surface area contributed by atoms with Crippen molar-refractivity contribution in [2.45, 2.75) is 26.1 Å². The van der Waals surface area contributed by atoms with Crippen molar-refractivity contribution in [3.8, 4) is 0 Å². The van der Waals surface area contributed by atoms with Gasteiger partial charge >= 0.3 is 0 Å². The van der Waals surface area contributed by atoms with Gasteiger partial charge in [-0.3, -0.25) is 24.2 Å². The number of carbonyl (C=O) groups is 2. The molecule has 0 saturated carbocycles. The molecular weight excluding hydrogens is 332 g/mol. The summed E-state index contributed by atoms with van der Waals surface area (Å²) in [7, 11) is 1.62. The number of likely N-dealkylation sites (tertiary alicyclic amines) is 1. The Balaban J connectivity index is 1.63. The van der Waals surface area contributed by atoms with Gasteiger partial charge in [0.1, 0.15) is 6.54 Å². The van der Waals surface area contributed by atoms with Crippen molar-refractivity contribution in [3.63, 3.8) is 0 Å². The Morgan fingerprint density at radius 2 is 2.04 bits per heavy atom. The van der Waals surface area contributed by atoms with Crippen molar-refractivity contribution >= 4 is 11.8 Å². The fraction of sp³-hybridized carbons (Fsp3) is 0.444. The van der Waals surface area contributed by atoms with Gasteiger partial charge in [0.25, 0.3) is 0 Å². The Morgan fingerprint density at radius 3 is 2.69 bits per heavy atom. The number of carbonyl (C=O) groups excluding carboxylic acids is 2. The summed E-state index contributed by atoms with van der Waals surface area (Å²) in [6.45, 7) is 4.03. The zero-order chi connectivity index (χ0) is 18.5. The second kappa shape index (κ2) is 8.09. The number of nitrogens with zero attached hydrogens (tertiary/aromatic N) is 4. The van der Waals surface area contributed by atoms with Crippen LogP contribution in [0.4, 0.5) is 0 Å². The van der Waals surface area contributed by atoms with Crippen molar-refractivity contribution < 1.29 is 9.59 Å². The number of amides is 2. The summed E-state index contributed by atoms with van der Waals surface area (Å²) in [5, 5.41) is 9.84. The van der Waals surface area contributed by atoms with Crippen LogP contribution in [0, 0.1) is 12.8 Å². The fourth-order valence-electron chi connectivity index (χ4n) is 3.31. The molecule has 1 aliphatic heterocycles. The van der Waals surface area contributed by atoms with Gasteiger partial charge in [-0.05, 0) is 30.2 Å². The molecular formula is C18H24N6O2. The fourth-order valence-corrected chi connectivity index (χ4v) is 3.31. The summed E-state index contributed by atoms with van der Waals surface area (Å²) in [6.07, 6.45) is 7.05. The molecule has 1 saturated heterocycles. The predicted octanol–water partition coefficient (Wildman–Crippen LogP) is -0.0507. The number of aryl methyl sites for hydroxylation is 1. The first-order valence-corrected chi connectivity index (χ1v) is 8.66. The predicted molar refractivity (Wildman–Crippen MR) is 96.0 cm³/mol. The van der Waals surface area contributed by atoms with E-state index in [1.165, 1.54) is 0 Å². The van der Waals surface area contributed by atoms with Crippen LogP contribution in [-0.4, -0.2) is 57.7 Å². The molecule has 2 aromatic rings. The summed E-state index contributed by atoms with van der Waals surface area (Å²) >= 11 is 0. The minimum absolute atomic E-state index is 0.0533. The lowest BCUT2D eigenvalue weighted by Gasteiger charge is -2.18.